The quantitative estimate of drug-likeness (QED) is 0.936. The van der Waals surface area contributed by atoms with Crippen molar-refractivity contribution in [3.63, 3.8) is 0 Å². The van der Waals surface area contributed by atoms with Gasteiger partial charge in [0.1, 0.15) is 9.48 Å². The molecule has 1 N–H and O–H groups in total. The van der Waals surface area contributed by atoms with E-state index in [0.29, 0.717) is 23.2 Å². The Morgan fingerprint density at radius 3 is 2.89 bits per heavy atom. The molecule has 0 fully saturated rings. The third-order valence-electron chi connectivity index (χ3n) is 2.38. The van der Waals surface area contributed by atoms with Crippen LogP contribution in [-0.4, -0.2) is 14.8 Å². The van der Waals surface area contributed by atoms with E-state index in [1.54, 1.807) is 17.5 Å². The van der Waals surface area contributed by atoms with Crippen LogP contribution < -0.4 is 10.9 Å². The Bertz CT molecular complexity index is 607. The molecular formula is C11H13BrN4OS. The van der Waals surface area contributed by atoms with Gasteiger partial charge in [0, 0.05) is 17.6 Å². The van der Waals surface area contributed by atoms with Gasteiger partial charge in [-0.05, 0) is 29.8 Å². The maximum Gasteiger partial charge on any atom is 0.283 e. The fourth-order valence-electron chi connectivity index (χ4n) is 1.47. The minimum absolute atomic E-state index is 0.127. The van der Waals surface area contributed by atoms with Crippen molar-refractivity contribution in [2.75, 3.05) is 5.32 Å². The molecule has 0 saturated carbocycles. The van der Waals surface area contributed by atoms with E-state index in [0.717, 1.165) is 5.01 Å². The van der Waals surface area contributed by atoms with Gasteiger partial charge in [-0.15, -0.1) is 11.3 Å². The molecule has 0 aliphatic heterocycles. The van der Waals surface area contributed by atoms with Crippen LogP contribution in [0.3, 0.4) is 0 Å². The molecule has 2 aromatic heterocycles. The van der Waals surface area contributed by atoms with Crippen molar-refractivity contribution in [1.82, 2.24) is 14.8 Å². The Labute approximate surface area is 117 Å². The van der Waals surface area contributed by atoms with Gasteiger partial charge in [-0.25, -0.2) is 9.67 Å². The minimum Gasteiger partial charge on any atom is -0.376 e. The summed E-state index contributed by atoms with van der Waals surface area (Å²) < 4.78 is 1.91. The molecule has 0 unspecified atom stereocenters. The number of aromatic nitrogens is 3. The molecule has 0 atom stereocenters. The average molecular weight is 329 g/mol. The van der Waals surface area contributed by atoms with Crippen LogP contribution in [0.4, 0.5) is 5.69 Å². The summed E-state index contributed by atoms with van der Waals surface area (Å²) in [7, 11) is 0. The fourth-order valence-corrected chi connectivity index (χ4v) is 2.64. The Morgan fingerprint density at radius 2 is 2.28 bits per heavy atom. The summed E-state index contributed by atoms with van der Waals surface area (Å²) in [5.41, 5.74) is 0.565. The van der Waals surface area contributed by atoms with E-state index in [-0.39, 0.29) is 5.56 Å². The van der Waals surface area contributed by atoms with Gasteiger partial charge < -0.3 is 5.32 Å². The lowest BCUT2D eigenvalue weighted by atomic mass is 10.4. The molecule has 18 heavy (non-hydrogen) atoms. The number of hydrogen-bond acceptors (Lipinski definition) is 5. The second-order valence-electron chi connectivity index (χ2n) is 3.71. The molecule has 96 valence electrons. The number of aryl methyl sites for hydroxylation is 2. The predicted molar refractivity (Wildman–Crippen MR) is 76.0 cm³/mol. The molecule has 0 bridgehead atoms. The smallest absolute Gasteiger partial charge is 0.283 e. The zero-order chi connectivity index (χ0) is 13.1. The number of hydrogen-bond donors (Lipinski definition) is 1. The number of thiazole rings is 1. The normalized spacial score (nSPS) is 10.6. The predicted octanol–water partition coefficient (Wildman–Crippen LogP) is 2.40. The summed E-state index contributed by atoms with van der Waals surface area (Å²) in [4.78, 5) is 17.3. The van der Waals surface area contributed by atoms with Gasteiger partial charge in [-0.1, -0.05) is 0 Å². The summed E-state index contributed by atoms with van der Waals surface area (Å²) in [5.74, 6) is 0. The largest absolute Gasteiger partial charge is 0.376 e. The van der Waals surface area contributed by atoms with Crippen LogP contribution in [-0.2, 0) is 13.1 Å². The summed E-state index contributed by atoms with van der Waals surface area (Å²) in [6.45, 7) is 5.05. The Morgan fingerprint density at radius 1 is 1.50 bits per heavy atom. The molecule has 0 amide bonds. The molecule has 0 aliphatic rings. The molecule has 0 aliphatic carbocycles. The van der Waals surface area contributed by atoms with E-state index in [1.165, 1.54) is 9.56 Å². The second kappa shape index (κ2) is 5.62. The fraction of sp³-hybridized carbons (Fsp3) is 0.364. The summed E-state index contributed by atoms with van der Waals surface area (Å²) in [5, 5.41) is 8.21. The van der Waals surface area contributed by atoms with E-state index >= 15 is 0 Å². The Kier molecular flexibility index (Phi) is 4.13. The van der Waals surface area contributed by atoms with Gasteiger partial charge in [0.15, 0.2) is 0 Å². The van der Waals surface area contributed by atoms with Crippen molar-refractivity contribution in [3.05, 3.63) is 37.1 Å². The van der Waals surface area contributed by atoms with Crippen molar-refractivity contribution in [2.45, 2.75) is 26.9 Å². The van der Waals surface area contributed by atoms with Crippen molar-refractivity contribution in [2.24, 2.45) is 0 Å². The third kappa shape index (κ3) is 2.78. The van der Waals surface area contributed by atoms with Crippen LogP contribution in [0, 0.1) is 6.92 Å². The van der Waals surface area contributed by atoms with Gasteiger partial charge in [0.25, 0.3) is 5.56 Å². The zero-order valence-electron chi connectivity index (χ0n) is 10.1. The van der Waals surface area contributed by atoms with Gasteiger partial charge in [0.2, 0.25) is 0 Å². The first-order chi connectivity index (χ1) is 8.61. The van der Waals surface area contributed by atoms with Crippen molar-refractivity contribution >= 4 is 33.0 Å². The number of nitrogens with one attached hydrogen (secondary N) is 1. The lowest BCUT2D eigenvalue weighted by Gasteiger charge is -2.08. The summed E-state index contributed by atoms with van der Waals surface area (Å²) in [6, 6.07) is 0. The van der Waals surface area contributed by atoms with E-state index < -0.39 is 0 Å². The van der Waals surface area contributed by atoms with Gasteiger partial charge in [-0.2, -0.15) is 5.10 Å². The molecule has 5 nitrogen and oxygen atoms in total. The molecule has 2 heterocycles. The van der Waals surface area contributed by atoms with Crippen LogP contribution in [0.15, 0.2) is 21.7 Å². The maximum atomic E-state index is 11.8. The van der Waals surface area contributed by atoms with Crippen LogP contribution in [0.1, 0.15) is 16.8 Å². The number of halogens is 1. The standard InChI is InChI=1S/C11H13BrN4OS/c1-3-16-11(17)10(12)8(5-15-16)13-6-9-14-4-7(2)18-9/h4-5,13H,3,6H2,1-2H3. The highest BCUT2D eigenvalue weighted by molar-refractivity contribution is 9.10. The first-order valence-corrected chi connectivity index (χ1v) is 7.13. The molecule has 7 heteroatoms. The van der Waals surface area contributed by atoms with E-state index in [2.05, 4.69) is 31.3 Å². The molecule has 2 aromatic rings. The van der Waals surface area contributed by atoms with E-state index in [4.69, 9.17) is 0 Å². The Hall–Kier alpha value is -1.21. The maximum absolute atomic E-state index is 11.8. The molecule has 0 radical (unpaired) electrons. The molecule has 0 saturated heterocycles. The highest BCUT2D eigenvalue weighted by Gasteiger charge is 2.08. The van der Waals surface area contributed by atoms with Crippen LogP contribution in [0.5, 0.6) is 0 Å². The van der Waals surface area contributed by atoms with Gasteiger partial charge in [-0.3, -0.25) is 4.79 Å². The number of anilines is 1. The number of nitrogens with zero attached hydrogens (tertiary/aromatic N) is 3. The highest BCUT2D eigenvalue weighted by atomic mass is 79.9. The second-order valence-corrected chi connectivity index (χ2v) is 5.82. The van der Waals surface area contributed by atoms with Crippen LogP contribution >= 0.6 is 27.3 Å². The average Bonchev–Trinajstić information content (AvgIpc) is 2.77. The first-order valence-electron chi connectivity index (χ1n) is 5.52. The van der Waals surface area contributed by atoms with E-state index in [1.807, 2.05) is 20.0 Å². The van der Waals surface area contributed by atoms with Gasteiger partial charge >= 0.3 is 0 Å². The number of rotatable bonds is 4. The van der Waals surface area contributed by atoms with E-state index in [9.17, 15) is 4.79 Å². The first kappa shape index (κ1) is 13.2. The summed E-state index contributed by atoms with van der Waals surface area (Å²) >= 11 is 4.93. The third-order valence-corrected chi connectivity index (χ3v) is 4.06. The van der Waals surface area contributed by atoms with Crippen LogP contribution in [0.2, 0.25) is 0 Å². The van der Waals surface area contributed by atoms with Crippen molar-refractivity contribution in [3.8, 4) is 0 Å². The SMILES string of the molecule is CCn1ncc(NCc2ncc(C)s2)c(Br)c1=O. The highest BCUT2D eigenvalue weighted by Crippen LogP contribution is 2.18. The topological polar surface area (TPSA) is 59.8 Å². The van der Waals surface area contributed by atoms with Crippen molar-refractivity contribution < 1.29 is 0 Å². The molecule has 0 spiro atoms. The minimum atomic E-state index is -0.127. The molecule has 0 aromatic carbocycles. The summed E-state index contributed by atoms with van der Waals surface area (Å²) in [6.07, 6.45) is 3.49. The zero-order valence-corrected chi connectivity index (χ0v) is 12.5. The van der Waals surface area contributed by atoms with Crippen molar-refractivity contribution in [1.29, 1.82) is 0 Å². The lowest BCUT2D eigenvalue weighted by molar-refractivity contribution is 0.613. The lowest BCUT2D eigenvalue weighted by Crippen LogP contribution is -2.23. The Balaban J connectivity index is 2.15. The van der Waals surface area contributed by atoms with Crippen LogP contribution in [0.25, 0.3) is 0 Å². The molecular weight excluding hydrogens is 316 g/mol. The molecule has 2 rings (SSSR count). The van der Waals surface area contributed by atoms with Gasteiger partial charge in [0.05, 0.1) is 18.4 Å². The monoisotopic (exact) mass is 328 g/mol.